The standard InChI is InChI=1S/C13H14N2O3/c1-9(2)17-11-5-3-10(4-6-11)15-8-12(7-14)18-13(15)16/h3-6,9,12H,8H2,1-2H3. The second kappa shape index (κ2) is 4.96. The monoisotopic (exact) mass is 246 g/mol. The second-order valence-electron chi connectivity index (χ2n) is 4.27. The fourth-order valence-corrected chi connectivity index (χ4v) is 1.72. The first-order valence-electron chi connectivity index (χ1n) is 5.74. The summed E-state index contributed by atoms with van der Waals surface area (Å²) in [6.07, 6.45) is -1.07. The van der Waals surface area contributed by atoms with E-state index in [1.54, 1.807) is 24.3 Å². The Morgan fingerprint density at radius 3 is 2.61 bits per heavy atom. The van der Waals surface area contributed by atoms with Crippen LogP contribution >= 0.6 is 0 Å². The van der Waals surface area contributed by atoms with Gasteiger partial charge in [-0.05, 0) is 38.1 Å². The molecule has 1 amide bonds. The average Bonchev–Trinajstić information content (AvgIpc) is 2.71. The predicted octanol–water partition coefficient (Wildman–Crippen LogP) is 2.32. The third-order valence-electron chi connectivity index (χ3n) is 2.48. The number of hydrogen-bond donors (Lipinski definition) is 0. The van der Waals surface area contributed by atoms with Gasteiger partial charge in [0, 0.05) is 5.69 Å². The summed E-state index contributed by atoms with van der Waals surface area (Å²) in [5.41, 5.74) is 0.703. The zero-order chi connectivity index (χ0) is 13.1. The molecule has 2 rings (SSSR count). The van der Waals surface area contributed by atoms with E-state index in [0.717, 1.165) is 5.75 Å². The molecule has 1 unspecified atom stereocenters. The summed E-state index contributed by atoms with van der Waals surface area (Å²) >= 11 is 0. The molecule has 0 N–H and O–H groups in total. The van der Waals surface area contributed by atoms with Gasteiger partial charge in [0.25, 0.3) is 0 Å². The number of hydrogen-bond acceptors (Lipinski definition) is 4. The van der Waals surface area contributed by atoms with Gasteiger partial charge in [-0.3, -0.25) is 4.90 Å². The lowest BCUT2D eigenvalue weighted by Gasteiger charge is -2.14. The highest BCUT2D eigenvalue weighted by molar-refractivity contribution is 5.90. The van der Waals surface area contributed by atoms with Crippen LogP contribution < -0.4 is 9.64 Å². The molecule has 0 radical (unpaired) electrons. The summed E-state index contributed by atoms with van der Waals surface area (Å²) in [6.45, 7) is 4.16. The molecule has 1 heterocycles. The molecule has 1 aromatic carbocycles. The minimum Gasteiger partial charge on any atom is -0.491 e. The number of carbonyl (C=O) groups is 1. The first kappa shape index (κ1) is 12.2. The Morgan fingerprint density at radius 2 is 2.11 bits per heavy atom. The van der Waals surface area contributed by atoms with Crippen molar-refractivity contribution in [2.24, 2.45) is 0 Å². The number of cyclic esters (lactones) is 1. The number of nitrogens with zero attached hydrogens (tertiary/aromatic N) is 2. The lowest BCUT2D eigenvalue weighted by atomic mass is 10.2. The van der Waals surface area contributed by atoms with E-state index in [9.17, 15) is 4.79 Å². The molecule has 1 atom stereocenters. The molecule has 0 spiro atoms. The van der Waals surface area contributed by atoms with Crippen molar-refractivity contribution in [1.82, 2.24) is 0 Å². The Hall–Kier alpha value is -2.22. The van der Waals surface area contributed by atoms with Gasteiger partial charge < -0.3 is 9.47 Å². The van der Waals surface area contributed by atoms with Crippen molar-refractivity contribution in [3.63, 3.8) is 0 Å². The smallest absolute Gasteiger partial charge is 0.415 e. The number of rotatable bonds is 3. The maximum Gasteiger partial charge on any atom is 0.415 e. The number of carbonyl (C=O) groups excluding carboxylic acids is 1. The molecule has 18 heavy (non-hydrogen) atoms. The van der Waals surface area contributed by atoms with Crippen LogP contribution in [0.2, 0.25) is 0 Å². The van der Waals surface area contributed by atoms with Crippen molar-refractivity contribution >= 4 is 11.8 Å². The van der Waals surface area contributed by atoms with Gasteiger partial charge in [0.1, 0.15) is 11.8 Å². The third kappa shape index (κ3) is 2.54. The maximum atomic E-state index is 11.5. The second-order valence-corrected chi connectivity index (χ2v) is 4.27. The van der Waals surface area contributed by atoms with E-state index in [0.29, 0.717) is 5.69 Å². The highest BCUT2D eigenvalue weighted by Gasteiger charge is 2.32. The van der Waals surface area contributed by atoms with E-state index in [2.05, 4.69) is 0 Å². The van der Waals surface area contributed by atoms with Gasteiger partial charge in [0.15, 0.2) is 0 Å². The lowest BCUT2D eigenvalue weighted by Crippen LogP contribution is -2.24. The van der Waals surface area contributed by atoms with Crippen molar-refractivity contribution in [3.8, 4) is 11.8 Å². The Kier molecular flexibility index (Phi) is 3.38. The summed E-state index contributed by atoms with van der Waals surface area (Å²) in [4.78, 5) is 13.0. The van der Waals surface area contributed by atoms with Crippen LogP contribution in [0.5, 0.6) is 5.75 Å². The van der Waals surface area contributed by atoms with Crippen LogP contribution in [0.25, 0.3) is 0 Å². The highest BCUT2D eigenvalue weighted by Crippen LogP contribution is 2.24. The fourth-order valence-electron chi connectivity index (χ4n) is 1.72. The van der Waals surface area contributed by atoms with E-state index in [1.165, 1.54) is 4.90 Å². The van der Waals surface area contributed by atoms with Gasteiger partial charge >= 0.3 is 6.09 Å². The summed E-state index contributed by atoms with van der Waals surface area (Å²) in [5, 5.41) is 8.72. The van der Waals surface area contributed by atoms with E-state index >= 15 is 0 Å². The van der Waals surface area contributed by atoms with Crippen LogP contribution in [0.15, 0.2) is 24.3 Å². The van der Waals surface area contributed by atoms with Gasteiger partial charge in [-0.2, -0.15) is 5.26 Å². The van der Waals surface area contributed by atoms with Gasteiger partial charge in [-0.15, -0.1) is 0 Å². The third-order valence-corrected chi connectivity index (χ3v) is 2.48. The normalized spacial score (nSPS) is 18.7. The predicted molar refractivity (Wildman–Crippen MR) is 65.4 cm³/mol. The van der Waals surface area contributed by atoms with Crippen molar-refractivity contribution in [2.75, 3.05) is 11.4 Å². The minimum atomic E-state index is -0.691. The number of ether oxygens (including phenoxy) is 2. The molecule has 1 aromatic rings. The van der Waals surface area contributed by atoms with Crippen LogP contribution in [-0.4, -0.2) is 24.8 Å². The van der Waals surface area contributed by atoms with Crippen molar-refractivity contribution in [3.05, 3.63) is 24.3 Å². The Balaban J connectivity index is 2.11. The van der Waals surface area contributed by atoms with Crippen LogP contribution in [0, 0.1) is 11.3 Å². The summed E-state index contributed by atoms with van der Waals surface area (Å²) in [6, 6.07) is 9.06. The van der Waals surface area contributed by atoms with Gasteiger partial charge in [0.2, 0.25) is 6.10 Å². The molecular formula is C13H14N2O3. The van der Waals surface area contributed by atoms with E-state index < -0.39 is 12.2 Å². The van der Waals surface area contributed by atoms with Crippen LogP contribution in [0.1, 0.15) is 13.8 Å². The van der Waals surface area contributed by atoms with Crippen LogP contribution in [0.4, 0.5) is 10.5 Å². The van der Waals surface area contributed by atoms with E-state index in [1.807, 2.05) is 19.9 Å². The molecule has 0 aliphatic carbocycles. The zero-order valence-corrected chi connectivity index (χ0v) is 10.3. The van der Waals surface area contributed by atoms with Gasteiger partial charge in [-0.25, -0.2) is 4.79 Å². The summed E-state index contributed by atoms with van der Waals surface area (Å²) < 4.78 is 10.4. The molecule has 1 aliphatic rings. The minimum absolute atomic E-state index is 0.107. The molecule has 0 saturated carbocycles. The highest BCUT2D eigenvalue weighted by atomic mass is 16.6. The van der Waals surface area contributed by atoms with E-state index in [4.69, 9.17) is 14.7 Å². The quantitative estimate of drug-likeness (QED) is 0.821. The topological polar surface area (TPSA) is 62.6 Å². The van der Waals surface area contributed by atoms with Gasteiger partial charge in [0.05, 0.1) is 12.6 Å². The molecule has 1 fully saturated rings. The molecule has 5 nitrogen and oxygen atoms in total. The first-order valence-corrected chi connectivity index (χ1v) is 5.74. The number of amides is 1. The molecular weight excluding hydrogens is 232 g/mol. The largest absolute Gasteiger partial charge is 0.491 e. The Labute approximate surface area is 106 Å². The average molecular weight is 246 g/mol. The first-order chi connectivity index (χ1) is 8.60. The summed E-state index contributed by atoms with van der Waals surface area (Å²) in [7, 11) is 0. The van der Waals surface area contributed by atoms with Crippen LogP contribution in [0.3, 0.4) is 0 Å². The lowest BCUT2D eigenvalue weighted by molar-refractivity contribution is 0.162. The number of nitriles is 1. The maximum absolute atomic E-state index is 11.5. The van der Waals surface area contributed by atoms with Crippen LogP contribution in [-0.2, 0) is 4.74 Å². The Morgan fingerprint density at radius 1 is 1.44 bits per heavy atom. The fraction of sp³-hybridized carbons (Fsp3) is 0.385. The molecule has 1 saturated heterocycles. The Bertz CT molecular complexity index is 476. The molecule has 0 aromatic heterocycles. The van der Waals surface area contributed by atoms with Gasteiger partial charge in [-0.1, -0.05) is 0 Å². The molecule has 5 heteroatoms. The zero-order valence-electron chi connectivity index (χ0n) is 10.3. The number of anilines is 1. The number of benzene rings is 1. The van der Waals surface area contributed by atoms with E-state index in [-0.39, 0.29) is 12.6 Å². The van der Waals surface area contributed by atoms with Crippen molar-refractivity contribution in [1.29, 1.82) is 5.26 Å². The van der Waals surface area contributed by atoms with Crippen molar-refractivity contribution < 1.29 is 14.3 Å². The SMILES string of the molecule is CC(C)Oc1ccc(N2CC(C#N)OC2=O)cc1. The van der Waals surface area contributed by atoms with Crippen molar-refractivity contribution in [2.45, 2.75) is 26.1 Å². The molecule has 1 aliphatic heterocycles. The summed E-state index contributed by atoms with van der Waals surface area (Å²) in [5.74, 6) is 0.748. The molecule has 0 bridgehead atoms. The molecule has 94 valence electrons.